The number of likely N-dealkylation sites (tertiary alicyclic amines) is 1. The zero-order valence-electron chi connectivity index (χ0n) is 23.0. The molecule has 0 aliphatic carbocycles. The lowest BCUT2D eigenvalue weighted by molar-refractivity contribution is -0.663. The summed E-state index contributed by atoms with van der Waals surface area (Å²) in [6.07, 6.45) is 3.06. The molecule has 2 unspecified atom stereocenters. The van der Waals surface area contributed by atoms with Gasteiger partial charge in [0.2, 0.25) is 6.33 Å². The largest absolute Gasteiger partial charge is 1.00 e. The molecule has 0 radical (unpaired) electrons. The number of benzene rings is 4. The molecule has 2 aliphatic heterocycles. The predicted octanol–water partition coefficient (Wildman–Crippen LogP) is 3.28. The van der Waals surface area contributed by atoms with Crippen molar-refractivity contribution in [2.45, 2.75) is 44.6 Å². The Morgan fingerprint density at radius 3 is 2.41 bits per heavy atom. The summed E-state index contributed by atoms with van der Waals surface area (Å²) < 4.78 is 5.44. The van der Waals surface area contributed by atoms with Crippen molar-refractivity contribution in [2.24, 2.45) is 0 Å². The Labute approximate surface area is 259 Å². The van der Waals surface area contributed by atoms with E-state index in [0.29, 0.717) is 6.54 Å². The van der Waals surface area contributed by atoms with Crippen molar-refractivity contribution in [3.05, 3.63) is 131 Å². The van der Waals surface area contributed by atoms with Gasteiger partial charge in [0, 0.05) is 28.7 Å². The number of carbonyl (C=O) groups is 1. The first-order valence-corrected chi connectivity index (χ1v) is 14.7. The van der Waals surface area contributed by atoms with Crippen molar-refractivity contribution in [3.63, 3.8) is 0 Å². The molecule has 5 nitrogen and oxygen atoms in total. The van der Waals surface area contributed by atoms with E-state index in [2.05, 4.69) is 151 Å². The van der Waals surface area contributed by atoms with E-state index < -0.39 is 0 Å². The molecule has 0 bridgehead atoms. The molecular weight excluding hydrogens is 640 g/mol. The van der Waals surface area contributed by atoms with E-state index in [9.17, 15) is 4.79 Å². The summed E-state index contributed by atoms with van der Waals surface area (Å²) in [7, 11) is 0. The van der Waals surface area contributed by atoms with Crippen molar-refractivity contribution >= 4 is 38.6 Å². The van der Waals surface area contributed by atoms with Gasteiger partial charge >= 0.3 is 0 Å². The highest BCUT2D eigenvalue weighted by Gasteiger charge is 2.55. The zero-order valence-corrected chi connectivity index (χ0v) is 26.1. The number of aromatic nitrogens is 2. The Hall–Kier alpha value is -3.42. The second kappa shape index (κ2) is 11.1. The van der Waals surface area contributed by atoms with Gasteiger partial charge in [-0.15, -0.1) is 0 Å². The minimum atomic E-state index is -0.0959. The molecular formula is C34H32Br2N4O. The maximum atomic E-state index is 14.2. The highest BCUT2D eigenvalue weighted by molar-refractivity contribution is 9.10. The Morgan fingerprint density at radius 1 is 0.902 bits per heavy atom. The number of nitrogens with zero attached hydrogens (tertiary/aromatic N) is 4. The fourth-order valence-electron chi connectivity index (χ4n) is 6.80. The van der Waals surface area contributed by atoms with E-state index in [1.807, 2.05) is 0 Å². The number of para-hydroxylation sites is 3. The van der Waals surface area contributed by atoms with Crippen LogP contribution in [0.15, 0.2) is 114 Å². The third kappa shape index (κ3) is 4.89. The molecule has 7 rings (SSSR count). The van der Waals surface area contributed by atoms with Crippen molar-refractivity contribution in [1.29, 1.82) is 0 Å². The fraction of sp³-hybridized carbons (Fsp3) is 0.235. The minimum absolute atomic E-state index is 0. The molecule has 0 saturated carbocycles. The Morgan fingerprint density at radius 2 is 1.61 bits per heavy atom. The van der Waals surface area contributed by atoms with Gasteiger partial charge in [-0.05, 0) is 53.4 Å². The first-order chi connectivity index (χ1) is 19.5. The van der Waals surface area contributed by atoms with Gasteiger partial charge in [0.05, 0.1) is 0 Å². The first-order valence-electron chi connectivity index (χ1n) is 13.9. The fourth-order valence-corrected chi connectivity index (χ4v) is 7.07. The van der Waals surface area contributed by atoms with Crippen LogP contribution in [0.5, 0.6) is 0 Å². The van der Waals surface area contributed by atoms with Crippen LogP contribution in [-0.2, 0) is 29.8 Å². The second-order valence-corrected chi connectivity index (χ2v) is 12.2. The van der Waals surface area contributed by atoms with Gasteiger partial charge in [-0.1, -0.05) is 95.7 Å². The van der Waals surface area contributed by atoms with Crippen LogP contribution in [0.25, 0.3) is 11.0 Å². The van der Waals surface area contributed by atoms with Crippen LogP contribution in [0, 0.1) is 0 Å². The summed E-state index contributed by atoms with van der Waals surface area (Å²) in [6.45, 7) is 4.95. The molecule has 41 heavy (non-hydrogen) atoms. The van der Waals surface area contributed by atoms with Crippen LogP contribution in [0.3, 0.4) is 0 Å². The van der Waals surface area contributed by atoms with Crippen LogP contribution in [0.1, 0.15) is 30.0 Å². The van der Waals surface area contributed by atoms with Gasteiger partial charge < -0.3 is 26.8 Å². The van der Waals surface area contributed by atoms with Gasteiger partial charge in [0.25, 0.3) is 5.91 Å². The van der Waals surface area contributed by atoms with Crippen molar-refractivity contribution in [2.75, 3.05) is 11.4 Å². The molecule has 1 aromatic heterocycles. The van der Waals surface area contributed by atoms with E-state index >= 15 is 0 Å². The average Bonchev–Trinajstić information content (AvgIpc) is 3.58. The molecule has 2 aliphatic rings. The Bertz CT molecular complexity index is 1700. The molecule has 0 N–H and O–H groups in total. The Kier molecular flexibility index (Phi) is 7.51. The Balaban J connectivity index is 0.00000302. The third-order valence-corrected chi connectivity index (χ3v) is 9.26. The van der Waals surface area contributed by atoms with Crippen LogP contribution in [-0.4, -0.2) is 28.1 Å². The predicted molar refractivity (Wildman–Crippen MR) is 162 cm³/mol. The molecule has 1 saturated heterocycles. The summed E-state index contributed by atoms with van der Waals surface area (Å²) in [5.74, 6) is 0.163. The number of imidazole rings is 1. The summed E-state index contributed by atoms with van der Waals surface area (Å²) in [6, 6.07) is 36.1. The number of anilines is 1. The van der Waals surface area contributed by atoms with Gasteiger partial charge in [-0.2, -0.15) is 0 Å². The topological polar surface area (TPSA) is 32.4 Å². The van der Waals surface area contributed by atoms with E-state index in [1.54, 1.807) is 0 Å². The van der Waals surface area contributed by atoms with Crippen molar-refractivity contribution < 1.29 is 26.3 Å². The molecule has 4 aromatic carbocycles. The third-order valence-electron chi connectivity index (χ3n) is 8.73. The number of carbonyl (C=O) groups excluding carboxylic acids is 1. The quantitative estimate of drug-likeness (QED) is 0.260. The van der Waals surface area contributed by atoms with Crippen LogP contribution >= 0.6 is 15.9 Å². The van der Waals surface area contributed by atoms with E-state index in [4.69, 9.17) is 0 Å². The lowest BCUT2D eigenvalue weighted by atomic mass is 9.81. The molecule has 2 atom stereocenters. The molecule has 3 heterocycles. The second-order valence-electron chi connectivity index (χ2n) is 11.2. The SMILES string of the molecule is CC12CCN(C(=O)Cn3c[n+](Cc4ccc(Br)cc4)c4ccccc43)C1N(Cc1ccccc1)c1ccccc12.[Br-]. The number of hydrogen-bond donors (Lipinski definition) is 0. The highest BCUT2D eigenvalue weighted by atomic mass is 79.9. The smallest absolute Gasteiger partial charge is 0.266 e. The number of fused-ring (bicyclic) bond motifs is 4. The molecule has 208 valence electrons. The summed E-state index contributed by atoms with van der Waals surface area (Å²) in [4.78, 5) is 18.8. The summed E-state index contributed by atoms with van der Waals surface area (Å²) >= 11 is 3.53. The monoisotopic (exact) mass is 670 g/mol. The molecule has 5 aromatic rings. The number of hydrogen-bond acceptors (Lipinski definition) is 2. The lowest BCUT2D eigenvalue weighted by Gasteiger charge is -2.36. The van der Waals surface area contributed by atoms with E-state index in [1.165, 1.54) is 22.4 Å². The molecule has 1 fully saturated rings. The van der Waals surface area contributed by atoms with E-state index in [0.717, 1.165) is 41.6 Å². The minimum Gasteiger partial charge on any atom is -1.00 e. The average molecular weight is 672 g/mol. The van der Waals surface area contributed by atoms with Crippen LogP contribution in [0.4, 0.5) is 5.69 Å². The van der Waals surface area contributed by atoms with Crippen molar-refractivity contribution in [1.82, 2.24) is 9.47 Å². The molecule has 7 heteroatoms. The zero-order chi connectivity index (χ0) is 27.3. The van der Waals surface area contributed by atoms with Gasteiger partial charge in [0.15, 0.2) is 17.6 Å². The van der Waals surface area contributed by atoms with Crippen molar-refractivity contribution in [3.8, 4) is 0 Å². The maximum absolute atomic E-state index is 14.2. The first kappa shape index (κ1) is 27.7. The molecule has 0 spiro atoms. The maximum Gasteiger partial charge on any atom is 0.266 e. The van der Waals surface area contributed by atoms with Gasteiger partial charge in [0.1, 0.15) is 12.7 Å². The van der Waals surface area contributed by atoms with Crippen LogP contribution in [0.2, 0.25) is 0 Å². The normalized spacial score (nSPS) is 19.2. The summed E-state index contributed by atoms with van der Waals surface area (Å²) in [5.41, 5.74) is 7.18. The van der Waals surface area contributed by atoms with E-state index in [-0.39, 0.29) is 34.5 Å². The number of amides is 1. The van der Waals surface area contributed by atoms with Gasteiger partial charge in [-0.3, -0.25) is 4.79 Å². The number of halogens is 2. The number of rotatable bonds is 6. The van der Waals surface area contributed by atoms with Crippen LogP contribution < -0.4 is 26.4 Å². The standard InChI is InChI=1S/C34H32BrN4O.BrH/c1-34-19-20-38(33(34)39(22-25-9-3-2-4-10-25)29-12-6-5-11-28(29)34)32(40)23-37-24-36(30-13-7-8-14-31(30)37)21-26-15-17-27(35)18-16-26;/h2-18,24,33H,19-23H2,1H3;1H/q+1;/p-1. The highest BCUT2D eigenvalue weighted by Crippen LogP contribution is 2.52. The summed E-state index contributed by atoms with van der Waals surface area (Å²) in [5, 5.41) is 0. The lowest BCUT2D eigenvalue weighted by Crippen LogP contribution is -3.00. The van der Waals surface area contributed by atoms with Gasteiger partial charge in [-0.25, -0.2) is 9.13 Å². The molecule has 1 amide bonds.